The lowest BCUT2D eigenvalue weighted by Crippen LogP contribution is -2.53. The maximum Gasteiger partial charge on any atom is 0.185 e. The van der Waals surface area contributed by atoms with Gasteiger partial charge in [-0.3, -0.25) is 4.90 Å². The van der Waals surface area contributed by atoms with Gasteiger partial charge in [0.05, 0.1) is 0 Å². The molecule has 1 aromatic heterocycles. The highest BCUT2D eigenvalue weighted by atomic mass is 32.1. The summed E-state index contributed by atoms with van der Waals surface area (Å²) in [6.07, 6.45) is 5.69. The summed E-state index contributed by atoms with van der Waals surface area (Å²) in [5, 5.41) is 6.84. The van der Waals surface area contributed by atoms with Crippen LogP contribution in [-0.2, 0) is 0 Å². The van der Waals surface area contributed by atoms with Crippen LogP contribution in [0.5, 0.6) is 0 Å². The Bertz CT molecular complexity index is 347. The normalized spacial score (nSPS) is 18.4. The highest BCUT2D eigenvalue weighted by molar-refractivity contribution is 7.13. The number of nitrogens with one attached hydrogen (secondary N) is 1. The maximum atomic E-state index is 4.42. The molecule has 1 fully saturated rings. The molecule has 4 nitrogen and oxygen atoms in total. The minimum Gasteiger partial charge on any atom is -0.346 e. The molecule has 114 valence electrons. The Labute approximate surface area is 127 Å². The second-order valence-electron chi connectivity index (χ2n) is 5.48. The van der Waals surface area contributed by atoms with Gasteiger partial charge >= 0.3 is 0 Å². The van der Waals surface area contributed by atoms with E-state index in [1.165, 1.54) is 24.4 Å². The summed E-state index contributed by atoms with van der Waals surface area (Å²) < 4.78 is 0. The van der Waals surface area contributed by atoms with E-state index in [1.807, 2.05) is 6.20 Å². The van der Waals surface area contributed by atoms with Crippen LogP contribution >= 0.6 is 11.3 Å². The van der Waals surface area contributed by atoms with E-state index in [1.54, 1.807) is 11.3 Å². The van der Waals surface area contributed by atoms with Crippen molar-refractivity contribution in [3.8, 4) is 0 Å². The van der Waals surface area contributed by atoms with E-state index in [0.717, 1.165) is 39.3 Å². The molecule has 0 bridgehead atoms. The van der Waals surface area contributed by atoms with Crippen LogP contribution in [0.2, 0.25) is 0 Å². The van der Waals surface area contributed by atoms with E-state index in [4.69, 9.17) is 0 Å². The van der Waals surface area contributed by atoms with E-state index in [2.05, 4.69) is 39.3 Å². The number of nitrogens with zero attached hydrogens (tertiary/aromatic N) is 3. The van der Waals surface area contributed by atoms with Gasteiger partial charge in [-0.1, -0.05) is 20.3 Å². The van der Waals surface area contributed by atoms with Crippen LogP contribution in [0, 0.1) is 0 Å². The molecule has 0 aromatic carbocycles. The van der Waals surface area contributed by atoms with Crippen LogP contribution < -0.4 is 10.2 Å². The zero-order chi connectivity index (χ0) is 14.2. The van der Waals surface area contributed by atoms with Crippen LogP contribution in [-0.4, -0.2) is 55.2 Å². The Morgan fingerprint density at radius 3 is 2.65 bits per heavy atom. The molecule has 0 aliphatic carbocycles. The largest absolute Gasteiger partial charge is 0.346 e. The molecule has 1 N–H and O–H groups in total. The molecule has 1 aromatic rings. The minimum absolute atomic E-state index is 0.699. The van der Waals surface area contributed by atoms with Gasteiger partial charge < -0.3 is 10.2 Å². The van der Waals surface area contributed by atoms with Gasteiger partial charge in [0, 0.05) is 50.3 Å². The van der Waals surface area contributed by atoms with Crippen LogP contribution in [0.4, 0.5) is 5.13 Å². The average molecular weight is 296 g/mol. The molecule has 20 heavy (non-hydrogen) atoms. The van der Waals surface area contributed by atoms with E-state index >= 15 is 0 Å². The number of aromatic nitrogens is 1. The van der Waals surface area contributed by atoms with E-state index in [-0.39, 0.29) is 0 Å². The summed E-state index contributed by atoms with van der Waals surface area (Å²) in [5.74, 6) is 0. The molecule has 1 aliphatic rings. The first-order chi connectivity index (χ1) is 9.85. The number of thiazole rings is 1. The lowest BCUT2D eigenvalue weighted by atomic mass is 10.1. The molecule has 0 spiro atoms. The first kappa shape index (κ1) is 15.7. The lowest BCUT2D eigenvalue weighted by molar-refractivity contribution is 0.171. The zero-order valence-electron chi connectivity index (χ0n) is 12.8. The number of hydrogen-bond donors (Lipinski definition) is 1. The van der Waals surface area contributed by atoms with Gasteiger partial charge in [0.1, 0.15) is 0 Å². The molecular formula is C15H28N4S. The van der Waals surface area contributed by atoms with Crippen molar-refractivity contribution in [3.63, 3.8) is 0 Å². The van der Waals surface area contributed by atoms with Crippen LogP contribution in [0.3, 0.4) is 0 Å². The van der Waals surface area contributed by atoms with Gasteiger partial charge in [-0.15, -0.1) is 11.3 Å². The lowest BCUT2D eigenvalue weighted by Gasteiger charge is -2.39. The second kappa shape index (κ2) is 8.60. The Hall–Kier alpha value is -0.650. The van der Waals surface area contributed by atoms with Crippen molar-refractivity contribution in [1.82, 2.24) is 15.2 Å². The van der Waals surface area contributed by atoms with Gasteiger partial charge in [0.2, 0.25) is 0 Å². The summed E-state index contributed by atoms with van der Waals surface area (Å²) in [6, 6.07) is 0.699. The third-order valence-electron chi connectivity index (χ3n) is 3.95. The number of anilines is 1. The fourth-order valence-electron chi connectivity index (χ4n) is 2.84. The van der Waals surface area contributed by atoms with Crippen molar-refractivity contribution in [2.45, 2.75) is 39.2 Å². The molecule has 1 unspecified atom stereocenters. The van der Waals surface area contributed by atoms with Gasteiger partial charge in [-0.05, 0) is 19.4 Å². The topological polar surface area (TPSA) is 31.4 Å². The SMILES string of the molecule is CCCNCC(CCC)N1CCN(c2nccs2)CC1. The zero-order valence-corrected chi connectivity index (χ0v) is 13.7. The highest BCUT2D eigenvalue weighted by Crippen LogP contribution is 2.20. The van der Waals surface area contributed by atoms with E-state index < -0.39 is 0 Å². The molecule has 2 rings (SSSR count). The number of rotatable bonds is 8. The third-order valence-corrected chi connectivity index (χ3v) is 4.78. The maximum absolute atomic E-state index is 4.42. The molecule has 1 atom stereocenters. The second-order valence-corrected chi connectivity index (χ2v) is 6.36. The summed E-state index contributed by atoms with van der Waals surface area (Å²) in [6.45, 7) is 11.4. The number of piperazine rings is 1. The third kappa shape index (κ3) is 4.43. The Kier molecular flexibility index (Phi) is 6.76. The number of hydrogen-bond acceptors (Lipinski definition) is 5. The minimum atomic E-state index is 0.699. The fourth-order valence-corrected chi connectivity index (χ4v) is 3.54. The van der Waals surface area contributed by atoms with Crippen molar-refractivity contribution >= 4 is 16.5 Å². The van der Waals surface area contributed by atoms with Crippen LogP contribution in [0.25, 0.3) is 0 Å². The van der Waals surface area contributed by atoms with Gasteiger partial charge in [0.25, 0.3) is 0 Å². The summed E-state index contributed by atoms with van der Waals surface area (Å²) in [4.78, 5) is 9.50. The predicted molar refractivity (Wildman–Crippen MR) is 87.8 cm³/mol. The quantitative estimate of drug-likeness (QED) is 0.747. The van der Waals surface area contributed by atoms with Crippen molar-refractivity contribution in [1.29, 1.82) is 0 Å². The van der Waals surface area contributed by atoms with Crippen LogP contribution in [0.1, 0.15) is 33.1 Å². The highest BCUT2D eigenvalue weighted by Gasteiger charge is 2.23. The smallest absolute Gasteiger partial charge is 0.185 e. The molecule has 0 radical (unpaired) electrons. The molecule has 2 heterocycles. The Morgan fingerprint density at radius 2 is 2.05 bits per heavy atom. The first-order valence-electron chi connectivity index (χ1n) is 7.94. The summed E-state index contributed by atoms with van der Waals surface area (Å²) >= 11 is 1.75. The molecule has 5 heteroatoms. The molecule has 0 amide bonds. The fraction of sp³-hybridized carbons (Fsp3) is 0.800. The van der Waals surface area contributed by atoms with E-state index in [0.29, 0.717) is 6.04 Å². The standard InChI is InChI=1S/C15H28N4S/c1-3-5-14(13-16-6-4-2)18-8-10-19(11-9-18)15-17-7-12-20-15/h7,12,14,16H,3-6,8-11,13H2,1-2H3. The van der Waals surface area contributed by atoms with E-state index in [9.17, 15) is 0 Å². The monoisotopic (exact) mass is 296 g/mol. The molecule has 1 saturated heterocycles. The van der Waals surface area contributed by atoms with Crippen LogP contribution in [0.15, 0.2) is 11.6 Å². The molecular weight excluding hydrogens is 268 g/mol. The van der Waals surface area contributed by atoms with Gasteiger partial charge in [0.15, 0.2) is 5.13 Å². The van der Waals surface area contributed by atoms with Crippen molar-refractivity contribution in [2.75, 3.05) is 44.2 Å². The van der Waals surface area contributed by atoms with Crippen molar-refractivity contribution < 1.29 is 0 Å². The summed E-state index contributed by atoms with van der Waals surface area (Å²) in [7, 11) is 0. The summed E-state index contributed by atoms with van der Waals surface area (Å²) in [5.41, 5.74) is 0. The molecule has 0 saturated carbocycles. The molecule has 1 aliphatic heterocycles. The van der Waals surface area contributed by atoms with Crippen molar-refractivity contribution in [2.24, 2.45) is 0 Å². The Balaban J connectivity index is 1.80. The Morgan fingerprint density at radius 1 is 1.25 bits per heavy atom. The first-order valence-corrected chi connectivity index (χ1v) is 8.82. The van der Waals surface area contributed by atoms with Gasteiger partial charge in [-0.25, -0.2) is 4.98 Å². The predicted octanol–water partition coefficient (Wildman–Crippen LogP) is 2.43. The van der Waals surface area contributed by atoms with Crippen molar-refractivity contribution in [3.05, 3.63) is 11.6 Å². The van der Waals surface area contributed by atoms with Gasteiger partial charge in [-0.2, -0.15) is 0 Å². The average Bonchev–Trinajstić information content (AvgIpc) is 3.01.